The van der Waals surface area contributed by atoms with Gasteiger partial charge in [-0.3, -0.25) is 0 Å². The van der Waals surface area contributed by atoms with Gasteiger partial charge in [0.25, 0.3) is 0 Å². The molecule has 2 aliphatic carbocycles. The maximum absolute atomic E-state index is 2.72. The molecule has 2 nitrogen and oxygen atoms in total. The minimum absolute atomic E-state index is 0.923. The molecule has 2 heteroatoms. The molecular weight excluding hydrogens is 256 g/mol. The van der Waals surface area contributed by atoms with Crippen molar-refractivity contribution in [3.05, 3.63) is 0 Å². The fourth-order valence-corrected chi connectivity index (χ4v) is 3.95. The van der Waals surface area contributed by atoms with Gasteiger partial charge in [0.2, 0.25) is 0 Å². The van der Waals surface area contributed by atoms with Gasteiger partial charge in [0.15, 0.2) is 0 Å². The first-order chi connectivity index (χ1) is 10.2. The Morgan fingerprint density at radius 3 is 1.19 bits per heavy atom. The van der Waals surface area contributed by atoms with Gasteiger partial charge in [-0.05, 0) is 52.4 Å². The summed E-state index contributed by atoms with van der Waals surface area (Å²) in [7, 11) is 2.38. The minimum Gasteiger partial charge on any atom is -0.304 e. The molecule has 0 aromatic carbocycles. The van der Waals surface area contributed by atoms with E-state index in [0.29, 0.717) is 0 Å². The molecule has 2 aliphatic rings. The monoisotopic (exact) mass is 296 g/mol. The third kappa shape index (κ3) is 7.15. The lowest BCUT2D eigenvalue weighted by atomic mass is 9.89. The Labute approximate surface area is 134 Å². The summed E-state index contributed by atoms with van der Waals surface area (Å²) in [5.41, 5.74) is 0. The molecule has 0 aromatic rings. The predicted octanol–water partition coefficient (Wildman–Crippen LogP) is 4.93. The largest absolute Gasteiger partial charge is 0.304 e. The van der Waals surface area contributed by atoms with Gasteiger partial charge in [-0.2, -0.15) is 0 Å². The molecule has 0 aromatic heterocycles. The smallest absolute Gasteiger partial charge is 0.00951 e. The number of nitrogens with zero attached hydrogens (tertiary/aromatic N) is 2. The quantitative estimate of drug-likeness (QED) is 0.709. The van der Waals surface area contributed by atoms with Gasteiger partial charge in [0.05, 0.1) is 0 Å². The topological polar surface area (TPSA) is 6.48 Å². The fourth-order valence-electron chi connectivity index (χ4n) is 3.95. The molecule has 0 unspecified atom stereocenters. The Bertz CT molecular complexity index is 202. The highest BCUT2D eigenvalue weighted by molar-refractivity contribution is 4.81. The van der Waals surface area contributed by atoms with E-state index in [1.807, 2.05) is 0 Å². The molecule has 0 bridgehead atoms. The molecule has 0 N–H and O–H groups in total. The van der Waals surface area contributed by atoms with Crippen LogP contribution in [0.5, 0.6) is 0 Å². The van der Waals surface area contributed by atoms with Crippen molar-refractivity contribution < 1.29 is 0 Å². The van der Waals surface area contributed by atoms with Crippen LogP contribution < -0.4 is 0 Å². The van der Waals surface area contributed by atoms with Crippen LogP contribution in [0, 0.1) is 0 Å². The number of rotatable bonds is 5. The second kappa shape index (κ2) is 11.5. The van der Waals surface area contributed by atoms with Gasteiger partial charge in [-0.15, -0.1) is 0 Å². The fraction of sp³-hybridized carbons (Fsp3) is 1.00. The van der Waals surface area contributed by atoms with E-state index < -0.39 is 0 Å². The van der Waals surface area contributed by atoms with Crippen LogP contribution in [0.25, 0.3) is 0 Å². The van der Waals surface area contributed by atoms with Gasteiger partial charge < -0.3 is 9.80 Å². The summed E-state index contributed by atoms with van der Waals surface area (Å²) in [6.07, 6.45) is 14.7. The second-order valence-electron chi connectivity index (χ2n) is 6.87. The molecule has 0 saturated heterocycles. The van der Waals surface area contributed by atoms with Crippen LogP contribution in [-0.4, -0.2) is 48.6 Å². The molecule has 2 rings (SSSR count). The molecule has 0 heterocycles. The molecule has 2 fully saturated rings. The highest BCUT2D eigenvalue weighted by Gasteiger charge is 2.25. The maximum atomic E-state index is 2.72. The molecule has 2 saturated carbocycles. The van der Waals surface area contributed by atoms with E-state index in [2.05, 4.69) is 37.6 Å². The van der Waals surface area contributed by atoms with Crippen molar-refractivity contribution in [2.75, 3.05) is 26.7 Å². The van der Waals surface area contributed by atoms with Gasteiger partial charge in [0.1, 0.15) is 0 Å². The summed E-state index contributed by atoms with van der Waals surface area (Å²) >= 11 is 0. The molecule has 0 aliphatic heterocycles. The summed E-state index contributed by atoms with van der Waals surface area (Å²) in [6, 6.07) is 1.85. The summed E-state index contributed by atoms with van der Waals surface area (Å²) in [5, 5.41) is 0. The zero-order chi connectivity index (χ0) is 15.5. The third-order valence-electron chi connectivity index (χ3n) is 5.64. The van der Waals surface area contributed by atoms with Crippen LogP contribution >= 0.6 is 0 Å². The normalized spacial score (nSPS) is 21.4. The molecule has 0 radical (unpaired) electrons. The Morgan fingerprint density at radius 1 is 0.619 bits per heavy atom. The summed E-state index contributed by atoms with van der Waals surface area (Å²) in [4.78, 5) is 5.10. The van der Waals surface area contributed by atoms with Crippen molar-refractivity contribution in [1.82, 2.24) is 9.80 Å². The first-order valence-electron chi connectivity index (χ1n) is 9.67. The van der Waals surface area contributed by atoms with E-state index in [-0.39, 0.29) is 0 Å². The molecule has 0 spiro atoms. The van der Waals surface area contributed by atoms with Crippen molar-refractivity contribution >= 4 is 0 Å². The first kappa shape index (κ1) is 19.0. The van der Waals surface area contributed by atoms with Crippen molar-refractivity contribution in [1.29, 1.82) is 0 Å². The van der Waals surface area contributed by atoms with Crippen molar-refractivity contribution in [3.8, 4) is 0 Å². The van der Waals surface area contributed by atoms with Crippen molar-refractivity contribution in [2.24, 2.45) is 0 Å². The van der Waals surface area contributed by atoms with Crippen LogP contribution in [0.15, 0.2) is 0 Å². The standard InChI is InChI=1S/C13H25N.C6H15N/c1-14(12-8-4-2-5-9-12)13-10-6-3-7-11-13;1-4-7(5-2)6-3/h12-13H,2-11H2,1H3;4-6H2,1-3H3. The summed E-state index contributed by atoms with van der Waals surface area (Å²) < 4.78 is 0. The molecule has 126 valence electrons. The van der Waals surface area contributed by atoms with E-state index >= 15 is 0 Å². The molecule has 21 heavy (non-hydrogen) atoms. The SMILES string of the molecule is CCN(CC)CC.CN(C1CCCCC1)C1CCCCC1. The zero-order valence-corrected chi connectivity index (χ0v) is 15.2. The van der Waals surface area contributed by atoms with Crippen molar-refractivity contribution in [2.45, 2.75) is 97.1 Å². The van der Waals surface area contributed by atoms with E-state index in [0.717, 1.165) is 12.1 Å². The molecular formula is C19H40N2. The van der Waals surface area contributed by atoms with Gasteiger partial charge >= 0.3 is 0 Å². The Kier molecular flexibility index (Phi) is 10.4. The Hall–Kier alpha value is -0.0800. The van der Waals surface area contributed by atoms with E-state index in [1.54, 1.807) is 0 Å². The lowest BCUT2D eigenvalue weighted by Gasteiger charge is -2.39. The highest BCUT2D eigenvalue weighted by atomic mass is 15.2. The first-order valence-corrected chi connectivity index (χ1v) is 9.67. The Morgan fingerprint density at radius 2 is 0.952 bits per heavy atom. The van der Waals surface area contributed by atoms with E-state index in [4.69, 9.17) is 0 Å². The molecule has 0 atom stereocenters. The number of hydrogen-bond acceptors (Lipinski definition) is 2. The van der Waals surface area contributed by atoms with E-state index in [1.165, 1.54) is 83.8 Å². The van der Waals surface area contributed by atoms with E-state index in [9.17, 15) is 0 Å². The predicted molar refractivity (Wildman–Crippen MR) is 95.0 cm³/mol. The van der Waals surface area contributed by atoms with Crippen LogP contribution in [0.2, 0.25) is 0 Å². The van der Waals surface area contributed by atoms with Crippen LogP contribution in [0.1, 0.15) is 85.0 Å². The lowest BCUT2D eigenvalue weighted by Crippen LogP contribution is -2.42. The van der Waals surface area contributed by atoms with Crippen molar-refractivity contribution in [3.63, 3.8) is 0 Å². The Balaban J connectivity index is 0.000000270. The minimum atomic E-state index is 0.923. The molecule has 0 amide bonds. The van der Waals surface area contributed by atoms with Gasteiger partial charge in [-0.25, -0.2) is 0 Å². The number of hydrogen-bond donors (Lipinski definition) is 0. The average Bonchev–Trinajstić information content (AvgIpc) is 2.58. The highest BCUT2D eigenvalue weighted by Crippen LogP contribution is 2.28. The zero-order valence-electron chi connectivity index (χ0n) is 15.2. The van der Waals surface area contributed by atoms with Crippen LogP contribution in [-0.2, 0) is 0 Å². The third-order valence-corrected chi connectivity index (χ3v) is 5.64. The lowest BCUT2D eigenvalue weighted by molar-refractivity contribution is 0.111. The van der Waals surface area contributed by atoms with Gasteiger partial charge in [-0.1, -0.05) is 59.3 Å². The summed E-state index contributed by atoms with van der Waals surface area (Å²) in [5.74, 6) is 0. The maximum Gasteiger partial charge on any atom is 0.00951 e. The van der Waals surface area contributed by atoms with Gasteiger partial charge in [0, 0.05) is 12.1 Å². The second-order valence-corrected chi connectivity index (χ2v) is 6.87. The summed E-state index contributed by atoms with van der Waals surface area (Å²) in [6.45, 7) is 10.1. The average molecular weight is 297 g/mol. The van der Waals surface area contributed by atoms with Crippen LogP contribution in [0.4, 0.5) is 0 Å². The van der Waals surface area contributed by atoms with Crippen LogP contribution in [0.3, 0.4) is 0 Å².